The number of hydrogen-bond acceptors (Lipinski definition) is 5. The normalized spacial score (nSPS) is 16.3. The van der Waals surface area contributed by atoms with Crippen molar-refractivity contribution >= 4 is 18.0 Å². The molecule has 0 atom stereocenters. The number of ether oxygens (including phenoxy) is 2. The second-order valence-corrected chi connectivity index (χ2v) is 8.67. The Hall–Kier alpha value is -3.39. The van der Waals surface area contributed by atoms with Crippen LogP contribution in [-0.4, -0.2) is 66.4 Å². The maximum absolute atomic E-state index is 13.4. The van der Waals surface area contributed by atoms with Gasteiger partial charge in [-0.25, -0.2) is 4.79 Å². The molecule has 180 valence electrons. The van der Waals surface area contributed by atoms with Crippen molar-refractivity contribution in [2.24, 2.45) is 0 Å². The molecular weight excluding hydrogens is 436 g/mol. The topological polar surface area (TPSA) is 105 Å². The molecule has 8 heteroatoms. The molecule has 2 aromatic rings. The third-order valence-electron chi connectivity index (χ3n) is 6.71. The molecule has 2 aliphatic rings. The van der Waals surface area contributed by atoms with Crippen molar-refractivity contribution in [1.29, 1.82) is 0 Å². The number of nitrogens with one attached hydrogen (secondary N) is 1. The molecular formula is C26H30N2O6. The lowest BCUT2D eigenvalue weighted by atomic mass is 9.88. The van der Waals surface area contributed by atoms with Gasteiger partial charge >= 0.3 is 12.1 Å². The minimum Gasteiger partial charge on any atom is -0.481 e. The Morgan fingerprint density at radius 1 is 1.06 bits per heavy atom. The molecule has 0 saturated carbocycles. The molecule has 0 unspecified atom stereocenters. The van der Waals surface area contributed by atoms with Gasteiger partial charge in [-0.05, 0) is 29.2 Å². The standard InChI is InChI=1S/C26H30N2O6/c1-2-28(14-11-23(29)30)24(31)26(12-15-33-16-13-26)27-25(32)34-17-22-20-9-5-3-7-18(20)19-8-4-6-10-21(19)22/h3-10,22H,2,11-17H2,1H3,(H,27,32)(H,29,30). The summed E-state index contributed by atoms with van der Waals surface area (Å²) in [7, 11) is 0. The van der Waals surface area contributed by atoms with Crippen LogP contribution in [-0.2, 0) is 19.1 Å². The summed E-state index contributed by atoms with van der Waals surface area (Å²) in [4.78, 5) is 38.8. The van der Waals surface area contributed by atoms with Crippen LogP contribution < -0.4 is 5.32 Å². The minimum atomic E-state index is -1.17. The van der Waals surface area contributed by atoms with E-state index in [0.29, 0.717) is 32.6 Å². The molecule has 4 rings (SSSR count). The first-order valence-corrected chi connectivity index (χ1v) is 11.7. The predicted molar refractivity (Wildman–Crippen MR) is 125 cm³/mol. The molecule has 2 amide bonds. The van der Waals surface area contributed by atoms with Gasteiger partial charge in [-0.3, -0.25) is 9.59 Å². The molecule has 8 nitrogen and oxygen atoms in total. The molecule has 1 aliphatic heterocycles. The Labute approximate surface area is 198 Å². The lowest BCUT2D eigenvalue weighted by molar-refractivity contribution is -0.144. The van der Waals surface area contributed by atoms with E-state index >= 15 is 0 Å². The first-order chi connectivity index (χ1) is 16.4. The number of rotatable bonds is 8. The van der Waals surface area contributed by atoms with Crippen molar-refractivity contribution in [3.05, 3.63) is 59.7 Å². The fourth-order valence-corrected chi connectivity index (χ4v) is 4.88. The highest BCUT2D eigenvalue weighted by Gasteiger charge is 2.44. The molecule has 2 N–H and O–H groups in total. The Balaban J connectivity index is 1.47. The minimum absolute atomic E-state index is 0.0813. The van der Waals surface area contributed by atoms with Gasteiger partial charge in [0.2, 0.25) is 5.91 Å². The highest BCUT2D eigenvalue weighted by atomic mass is 16.5. The van der Waals surface area contributed by atoms with E-state index in [-0.39, 0.29) is 31.4 Å². The number of nitrogens with zero attached hydrogens (tertiary/aromatic N) is 1. The van der Waals surface area contributed by atoms with E-state index in [1.54, 1.807) is 6.92 Å². The van der Waals surface area contributed by atoms with Crippen LogP contribution in [0.4, 0.5) is 4.79 Å². The van der Waals surface area contributed by atoms with Crippen LogP contribution in [0.3, 0.4) is 0 Å². The Bertz CT molecular complexity index is 1020. The van der Waals surface area contributed by atoms with Crippen molar-refractivity contribution in [1.82, 2.24) is 10.2 Å². The molecule has 1 saturated heterocycles. The summed E-state index contributed by atoms with van der Waals surface area (Å²) in [6.45, 7) is 3.02. The van der Waals surface area contributed by atoms with Gasteiger partial charge in [0.15, 0.2) is 0 Å². The van der Waals surface area contributed by atoms with Crippen LogP contribution in [0.5, 0.6) is 0 Å². The SMILES string of the molecule is CCN(CCC(=O)O)C(=O)C1(NC(=O)OCC2c3ccccc3-c3ccccc32)CCOCC1. The average Bonchev–Trinajstić information content (AvgIpc) is 3.17. The lowest BCUT2D eigenvalue weighted by Crippen LogP contribution is -2.62. The predicted octanol–water partition coefficient (Wildman–Crippen LogP) is 3.40. The number of amides is 2. The maximum Gasteiger partial charge on any atom is 0.408 e. The fourth-order valence-electron chi connectivity index (χ4n) is 4.88. The van der Waals surface area contributed by atoms with Crippen LogP contribution in [0.1, 0.15) is 43.2 Å². The van der Waals surface area contributed by atoms with Crippen molar-refractivity contribution in [2.45, 2.75) is 37.6 Å². The van der Waals surface area contributed by atoms with Crippen LogP contribution >= 0.6 is 0 Å². The zero-order chi connectivity index (χ0) is 24.1. The van der Waals surface area contributed by atoms with Gasteiger partial charge in [0.05, 0.1) is 6.42 Å². The second kappa shape index (κ2) is 10.3. The molecule has 0 radical (unpaired) electrons. The lowest BCUT2D eigenvalue weighted by Gasteiger charge is -2.39. The third kappa shape index (κ3) is 4.77. The second-order valence-electron chi connectivity index (χ2n) is 8.67. The molecule has 0 spiro atoms. The van der Waals surface area contributed by atoms with Gasteiger partial charge < -0.3 is 24.8 Å². The number of carbonyl (C=O) groups is 3. The van der Waals surface area contributed by atoms with Gasteiger partial charge in [-0.1, -0.05) is 48.5 Å². The molecule has 1 aliphatic carbocycles. The van der Waals surface area contributed by atoms with E-state index in [0.717, 1.165) is 22.3 Å². The number of aliphatic carboxylic acids is 1. The van der Waals surface area contributed by atoms with Gasteiger partial charge in [-0.2, -0.15) is 0 Å². The maximum atomic E-state index is 13.4. The van der Waals surface area contributed by atoms with Gasteiger partial charge in [0.1, 0.15) is 12.1 Å². The summed E-state index contributed by atoms with van der Waals surface area (Å²) < 4.78 is 11.1. The molecule has 34 heavy (non-hydrogen) atoms. The summed E-state index contributed by atoms with van der Waals surface area (Å²) in [5, 5.41) is 11.9. The smallest absolute Gasteiger partial charge is 0.408 e. The Morgan fingerprint density at radius 2 is 1.65 bits per heavy atom. The fraction of sp³-hybridized carbons (Fsp3) is 0.423. The number of carboxylic acid groups (broad SMARTS) is 1. The van der Waals surface area contributed by atoms with Crippen molar-refractivity contribution < 1.29 is 29.0 Å². The summed E-state index contributed by atoms with van der Waals surface area (Å²) >= 11 is 0. The van der Waals surface area contributed by atoms with Crippen LogP contribution in [0.15, 0.2) is 48.5 Å². The summed E-state index contributed by atoms with van der Waals surface area (Å²) in [6, 6.07) is 16.2. The van der Waals surface area contributed by atoms with Crippen LogP contribution in [0.2, 0.25) is 0 Å². The number of fused-ring (bicyclic) bond motifs is 3. The molecule has 2 aromatic carbocycles. The average molecular weight is 467 g/mol. The van der Waals surface area contributed by atoms with E-state index in [4.69, 9.17) is 14.6 Å². The van der Waals surface area contributed by atoms with Crippen molar-refractivity contribution in [3.63, 3.8) is 0 Å². The first kappa shape index (κ1) is 23.8. The van der Waals surface area contributed by atoms with E-state index < -0.39 is 17.6 Å². The first-order valence-electron chi connectivity index (χ1n) is 11.7. The molecule has 0 aromatic heterocycles. The highest BCUT2D eigenvalue weighted by molar-refractivity contribution is 5.90. The quantitative estimate of drug-likeness (QED) is 0.618. The van der Waals surface area contributed by atoms with Gasteiger partial charge in [0.25, 0.3) is 0 Å². The van der Waals surface area contributed by atoms with Crippen molar-refractivity contribution in [3.8, 4) is 11.1 Å². The number of alkyl carbamates (subject to hydrolysis) is 1. The Kier molecular flexibility index (Phi) is 7.17. The number of carbonyl (C=O) groups excluding carboxylic acids is 2. The van der Waals surface area contributed by atoms with Crippen molar-refractivity contribution in [2.75, 3.05) is 32.9 Å². The van der Waals surface area contributed by atoms with E-state index in [1.165, 1.54) is 4.90 Å². The van der Waals surface area contributed by atoms with E-state index in [2.05, 4.69) is 17.4 Å². The zero-order valence-corrected chi connectivity index (χ0v) is 19.3. The Morgan fingerprint density at radius 3 is 2.21 bits per heavy atom. The van der Waals surface area contributed by atoms with Crippen LogP contribution in [0.25, 0.3) is 11.1 Å². The largest absolute Gasteiger partial charge is 0.481 e. The number of carboxylic acids is 1. The zero-order valence-electron chi connectivity index (χ0n) is 19.3. The van der Waals surface area contributed by atoms with E-state index in [9.17, 15) is 14.4 Å². The number of benzene rings is 2. The molecule has 1 fully saturated rings. The monoisotopic (exact) mass is 466 g/mol. The number of likely N-dealkylation sites (N-methyl/N-ethyl adjacent to an activating group) is 1. The van der Waals surface area contributed by atoms with Gasteiger partial charge in [-0.15, -0.1) is 0 Å². The highest BCUT2D eigenvalue weighted by Crippen LogP contribution is 2.44. The summed E-state index contributed by atoms with van der Waals surface area (Å²) in [5.74, 6) is -1.35. The third-order valence-corrected chi connectivity index (χ3v) is 6.71. The van der Waals surface area contributed by atoms with E-state index in [1.807, 2.05) is 36.4 Å². The molecule has 1 heterocycles. The number of hydrogen-bond donors (Lipinski definition) is 2. The van der Waals surface area contributed by atoms with Gasteiger partial charge in [0, 0.05) is 45.1 Å². The summed E-state index contributed by atoms with van der Waals surface area (Å²) in [5.41, 5.74) is 3.33. The summed E-state index contributed by atoms with van der Waals surface area (Å²) in [6.07, 6.45) is -0.206. The van der Waals surface area contributed by atoms with Crippen LogP contribution in [0, 0.1) is 0 Å². The molecule has 0 bridgehead atoms.